The van der Waals surface area contributed by atoms with E-state index in [1.54, 1.807) is 11.9 Å². The molecule has 0 bridgehead atoms. The molecule has 6 nitrogen and oxygen atoms in total. The molecular formula is C27H28N4O2. The summed E-state index contributed by atoms with van der Waals surface area (Å²) in [7, 11) is 1.77. The van der Waals surface area contributed by atoms with Crippen molar-refractivity contribution in [1.29, 1.82) is 0 Å². The molecule has 0 spiro atoms. The molecule has 0 N–H and O–H groups in total. The van der Waals surface area contributed by atoms with Crippen LogP contribution in [0.2, 0.25) is 0 Å². The van der Waals surface area contributed by atoms with Crippen molar-refractivity contribution in [2.45, 2.75) is 38.0 Å². The fraction of sp³-hybridized carbons (Fsp3) is 0.333. The number of likely N-dealkylation sites (tertiary alicyclic amines) is 1. The minimum atomic E-state index is -0.336. The van der Waals surface area contributed by atoms with Gasteiger partial charge in [0, 0.05) is 37.3 Å². The van der Waals surface area contributed by atoms with Gasteiger partial charge in [-0.1, -0.05) is 60.7 Å². The molecule has 3 aromatic rings. The van der Waals surface area contributed by atoms with Crippen molar-refractivity contribution in [1.82, 2.24) is 14.9 Å². The van der Waals surface area contributed by atoms with Crippen molar-refractivity contribution < 1.29 is 9.59 Å². The Morgan fingerprint density at radius 3 is 2.27 bits per heavy atom. The van der Waals surface area contributed by atoms with Gasteiger partial charge in [0.05, 0.1) is 12.3 Å². The zero-order valence-electron chi connectivity index (χ0n) is 19.1. The van der Waals surface area contributed by atoms with Crippen LogP contribution in [0.15, 0.2) is 60.7 Å². The van der Waals surface area contributed by atoms with Crippen LogP contribution in [-0.2, 0) is 16.0 Å². The first-order chi connectivity index (χ1) is 16.0. The van der Waals surface area contributed by atoms with E-state index < -0.39 is 0 Å². The maximum Gasteiger partial charge on any atom is 0.234 e. The summed E-state index contributed by atoms with van der Waals surface area (Å²) in [4.78, 5) is 39.2. The third kappa shape index (κ3) is 4.01. The highest BCUT2D eigenvalue weighted by Crippen LogP contribution is 2.34. The lowest BCUT2D eigenvalue weighted by Crippen LogP contribution is -2.42. The Kier molecular flexibility index (Phi) is 5.67. The number of carbonyl (C=O) groups excluding carboxylic acids is 2. The first-order valence-electron chi connectivity index (χ1n) is 11.6. The molecule has 0 aliphatic carbocycles. The number of benzene rings is 2. The van der Waals surface area contributed by atoms with E-state index in [2.05, 4.69) is 0 Å². The van der Waals surface area contributed by atoms with Crippen molar-refractivity contribution in [2.24, 2.45) is 0 Å². The number of nitrogens with zero attached hydrogens (tertiary/aromatic N) is 4. The maximum atomic E-state index is 13.9. The van der Waals surface area contributed by atoms with Crippen molar-refractivity contribution in [2.75, 3.05) is 25.0 Å². The number of rotatable bonds is 4. The lowest BCUT2D eigenvalue weighted by molar-refractivity contribution is -0.133. The Morgan fingerprint density at radius 1 is 1.00 bits per heavy atom. The van der Waals surface area contributed by atoms with E-state index in [0.717, 1.165) is 53.4 Å². The van der Waals surface area contributed by atoms with E-state index in [-0.39, 0.29) is 23.7 Å². The van der Waals surface area contributed by atoms with Crippen LogP contribution in [0.5, 0.6) is 0 Å². The number of amides is 2. The minimum absolute atomic E-state index is 0.0496. The zero-order valence-corrected chi connectivity index (χ0v) is 19.1. The van der Waals surface area contributed by atoms with Crippen LogP contribution in [0.25, 0.3) is 0 Å². The van der Waals surface area contributed by atoms with Gasteiger partial charge in [0.1, 0.15) is 11.6 Å². The Labute approximate surface area is 194 Å². The molecule has 1 atom stereocenters. The SMILES string of the molecule is Cc1nc([C@H]2CCCN(C(=O)C(c3ccccc3)c3ccccc3)C2)nc2c1CC(=O)N2C. The van der Waals surface area contributed by atoms with Crippen molar-refractivity contribution >= 4 is 17.6 Å². The summed E-state index contributed by atoms with van der Waals surface area (Å²) in [5.74, 6) is 1.34. The predicted octanol–water partition coefficient (Wildman–Crippen LogP) is 3.84. The highest BCUT2D eigenvalue weighted by atomic mass is 16.2. The molecule has 2 aromatic carbocycles. The van der Waals surface area contributed by atoms with E-state index >= 15 is 0 Å². The summed E-state index contributed by atoms with van der Waals surface area (Å²) < 4.78 is 0. The van der Waals surface area contributed by atoms with Crippen LogP contribution in [-0.4, -0.2) is 46.8 Å². The van der Waals surface area contributed by atoms with Gasteiger partial charge >= 0.3 is 0 Å². The lowest BCUT2D eigenvalue weighted by atomic mass is 9.88. The van der Waals surface area contributed by atoms with Crippen LogP contribution >= 0.6 is 0 Å². The molecule has 33 heavy (non-hydrogen) atoms. The smallest absolute Gasteiger partial charge is 0.234 e. The van der Waals surface area contributed by atoms with Gasteiger partial charge in [-0.3, -0.25) is 14.5 Å². The zero-order chi connectivity index (χ0) is 22.9. The Hall–Kier alpha value is -3.54. The second-order valence-corrected chi connectivity index (χ2v) is 8.98. The summed E-state index contributed by atoms with van der Waals surface area (Å²) in [5, 5.41) is 0. The monoisotopic (exact) mass is 440 g/mol. The molecule has 5 rings (SSSR count). The number of hydrogen-bond donors (Lipinski definition) is 0. The van der Waals surface area contributed by atoms with Crippen molar-refractivity contribution in [3.8, 4) is 0 Å². The minimum Gasteiger partial charge on any atom is -0.341 e. The molecule has 1 saturated heterocycles. The number of fused-ring (bicyclic) bond motifs is 1. The van der Waals surface area contributed by atoms with E-state index in [1.165, 1.54) is 0 Å². The van der Waals surface area contributed by atoms with E-state index in [1.807, 2.05) is 72.5 Å². The summed E-state index contributed by atoms with van der Waals surface area (Å²) in [5.41, 5.74) is 3.78. The molecule has 1 fully saturated rings. The average molecular weight is 441 g/mol. The number of carbonyl (C=O) groups is 2. The first kappa shape index (κ1) is 21.3. The molecule has 2 amide bonds. The van der Waals surface area contributed by atoms with Crippen LogP contribution in [0.1, 0.15) is 52.9 Å². The Morgan fingerprint density at radius 2 is 1.64 bits per heavy atom. The molecule has 2 aliphatic rings. The fourth-order valence-corrected chi connectivity index (χ4v) is 5.00. The van der Waals surface area contributed by atoms with Gasteiger partial charge in [0.15, 0.2) is 0 Å². The third-order valence-corrected chi connectivity index (χ3v) is 6.84. The highest BCUT2D eigenvalue weighted by Gasteiger charge is 2.34. The van der Waals surface area contributed by atoms with Gasteiger partial charge in [-0.25, -0.2) is 9.97 Å². The van der Waals surface area contributed by atoms with Crippen molar-refractivity contribution in [3.05, 3.63) is 88.9 Å². The highest BCUT2D eigenvalue weighted by molar-refractivity contribution is 6.00. The van der Waals surface area contributed by atoms with Crippen LogP contribution in [0.3, 0.4) is 0 Å². The molecule has 3 heterocycles. The quantitative estimate of drug-likeness (QED) is 0.618. The topological polar surface area (TPSA) is 66.4 Å². The summed E-state index contributed by atoms with van der Waals surface area (Å²) >= 11 is 0. The van der Waals surface area contributed by atoms with E-state index in [9.17, 15) is 9.59 Å². The molecule has 6 heteroatoms. The summed E-state index contributed by atoms with van der Waals surface area (Å²) in [6.45, 7) is 3.27. The molecule has 168 valence electrons. The average Bonchev–Trinajstić information content (AvgIpc) is 3.15. The van der Waals surface area contributed by atoms with Gasteiger partial charge in [-0.2, -0.15) is 0 Å². The Balaban J connectivity index is 1.43. The van der Waals surface area contributed by atoms with E-state index in [0.29, 0.717) is 13.0 Å². The van der Waals surface area contributed by atoms with Gasteiger partial charge in [-0.15, -0.1) is 0 Å². The molecule has 1 aromatic heterocycles. The second-order valence-electron chi connectivity index (χ2n) is 8.98. The van der Waals surface area contributed by atoms with Gasteiger partial charge in [0.2, 0.25) is 11.8 Å². The second kappa shape index (κ2) is 8.77. The number of piperidine rings is 1. The summed E-state index contributed by atoms with van der Waals surface area (Å²) in [6.07, 6.45) is 2.20. The normalized spacial score (nSPS) is 18.0. The van der Waals surface area contributed by atoms with E-state index in [4.69, 9.17) is 9.97 Å². The standard InChI is InChI=1S/C27H28N4O2/c1-18-22-16-23(32)30(2)26(22)29-25(28-18)21-14-9-15-31(17-21)27(33)24(19-10-5-3-6-11-19)20-12-7-4-8-13-20/h3-8,10-13,21,24H,9,14-17H2,1-2H3/t21-/m0/s1. The van der Waals surface area contributed by atoms with Gasteiger partial charge in [-0.05, 0) is 30.9 Å². The number of anilines is 1. The van der Waals surface area contributed by atoms with Crippen LogP contribution in [0, 0.1) is 6.92 Å². The van der Waals surface area contributed by atoms with Gasteiger partial charge in [0.25, 0.3) is 0 Å². The predicted molar refractivity (Wildman–Crippen MR) is 127 cm³/mol. The molecule has 0 radical (unpaired) electrons. The van der Waals surface area contributed by atoms with Crippen LogP contribution in [0.4, 0.5) is 5.82 Å². The molecular weight excluding hydrogens is 412 g/mol. The Bertz CT molecular complexity index is 1140. The number of aryl methyl sites for hydroxylation is 1. The molecule has 0 unspecified atom stereocenters. The lowest BCUT2D eigenvalue weighted by Gasteiger charge is -2.35. The number of hydrogen-bond acceptors (Lipinski definition) is 4. The maximum absolute atomic E-state index is 13.9. The number of likely N-dealkylation sites (N-methyl/N-ethyl adjacent to an activating group) is 1. The van der Waals surface area contributed by atoms with Crippen LogP contribution < -0.4 is 4.90 Å². The molecule has 2 aliphatic heterocycles. The molecule has 0 saturated carbocycles. The fourth-order valence-electron chi connectivity index (χ4n) is 5.00. The largest absolute Gasteiger partial charge is 0.341 e. The first-order valence-corrected chi connectivity index (χ1v) is 11.6. The van der Waals surface area contributed by atoms with Crippen molar-refractivity contribution in [3.63, 3.8) is 0 Å². The number of aromatic nitrogens is 2. The summed E-state index contributed by atoms with van der Waals surface area (Å²) in [6, 6.07) is 20.0. The third-order valence-electron chi connectivity index (χ3n) is 6.84. The van der Waals surface area contributed by atoms with Gasteiger partial charge < -0.3 is 4.90 Å².